The summed E-state index contributed by atoms with van der Waals surface area (Å²) in [6.45, 7) is 0.410. The number of nitrogens with zero attached hydrogens (tertiary/aromatic N) is 3. The van der Waals surface area contributed by atoms with Gasteiger partial charge in [0.15, 0.2) is 0 Å². The summed E-state index contributed by atoms with van der Waals surface area (Å²) in [6, 6.07) is 20.5. The van der Waals surface area contributed by atoms with E-state index in [9.17, 15) is 9.59 Å². The van der Waals surface area contributed by atoms with Gasteiger partial charge < -0.3 is 9.13 Å². The summed E-state index contributed by atoms with van der Waals surface area (Å²) in [5.74, 6) is -0.0696. The van der Waals surface area contributed by atoms with Crippen LogP contribution in [0.4, 0.5) is 5.95 Å². The summed E-state index contributed by atoms with van der Waals surface area (Å²) in [5.41, 5.74) is 2.43. The van der Waals surface area contributed by atoms with Crippen molar-refractivity contribution >= 4 is 22.9 Å². The number of hydrogen-bond donors (Lipinski definition) is 1. The molecule has 0 atom stereocenters. The second-order valence-electron chi connectivity index (χ2n) is 6.28. The van der Waals surface area contributed by atoms with Gasteiger partial charge in [0, 0.05) is 13.2 Å². The topological polar surface area (TPSA) is 68.9 Å². The minimum absolute atomic E-state index is 0.0838. The van der Waals surface area contributed by atoms with Gasteiger partial charge in [-0.05, 0) is 29.8 Å². The van der Waals surface area contributed by atoms with E-state index in [0.29, 0.717) is 12.5 Å². The van der Waals surface area contributed by atoms with Crippen LogP contribution in [0.2, 0.25) is 0 Å². The number of pyridine rings is 1. The predicted molar refractivity (Wildman–Crippen MR) is 105 cm³/mol. The summed E-state index contributed by atoms with van der Waals surface area (Å²) in [4.78, 5) is 29.8. The largest absolute Gasteiger partial charge is 0.313 e. The van der Waals surface area contributed by atoms with Crippen molar-refractivity contribution in [2.75, 3.05) is 5.32 Å². The SMILES string of the molecule is Cn1c(NC(=O)c2cccn(Cc3ccccc3)c2=O)nc2ccccc21. The number of aryl methyl sites for hydroxylation is 1. The summed E-state index contributed by atoms with van der Waals surface area (Å²) >= 11 is 0. The standard InChI is InChI=1S/C21H18N4O2/c1-24-18-12-6-5-11-17(18)22-21(24)23-19(26)16-10-7-13-25(20(16)27)14-15-8-3-2-4-9-15/h2-13H,14H2,1H3,(H,22,23,26). The Labute approximate surface area is 155 Å². The molecule has 2 aromatic heterocycles. The molecule has 2 heterocycles. The second-order valence-corrected chi connectivity index (χ2v) is 6.28. The first-order valence-corrected chi connectivity index (χ1v) is 8.59. The van der Waals surface area contributed by atoms with Crippen LogP contribution in [-0.4, -0.2) is 20.0 Å². The summed E-state index contributed by atoms with van der Waals surface area (Å²) < 4.78 is 3.32. The minimum atomic E-state index is -0.471. The smallest absolute Gasteiger partial charge is 0.263 e. The molecule has 0 unspecified atom stereocenters. The van der Waals surface area contributed by atoms with Gasteiger partial charge in [-0.15, -0.1) is 0 Å². The first-order chi connectivity index (χ1) is 13.1. The molecule has 0 saturated carbocycles. The third-order valence-corrected chi connectivity index (χ3v) is 4.47. The molecule has 6 heteroatoms. The van der Waals surface area contributed by atoms with Crippen molar-refractivity contribution in [2.45, 2.75) is 6.54 Å². The number of anilines is 1. The van der Waals surface area contributed by atoms with E-state index in [2.05, 4.69) is 10.3 Å². The lowest BCUT2D eigenvalue weighted by Crippen LogP contribution is -2.29. The van der Waals surface area contributed by atoms with Gasteiger partial charge in [0.05, 0.1) is 17.6 Å². The Morgan fingerprint density at radius 1 is 1.00 bits per heavy atom. The number of fused-ring (bicyclic) bond motifs is 1. The summed E-state index contributed by atoms with van der Waals surface area (Å²) in [5, 5.41) is 2.75. The molecule has 4 rings (SSSR count). The maximum absolute atomic E-state index is 12.7. The van der Waals surface area contributed by atoms with Gasteiger partial charge in [-0.25, -0.2) is 4.98 Å². The quantitative estimate of drug-likeness (QED) is 0.610. The normalized spacial score (nSPS) is 10.9. The van der Waals surface area contributed by atoms with Crippen molar-refractivity contribution in [1.29, 1.82) is 0 Å². The Balaban J connectivity index is 1.63. The van der Waals surface area contributed by atoms with Crippen LogP contribution in [0.25, 0.3) is 11.0 Å². The number of rotatable bonds is 4. The Morgan fingerprint density at radius 3 is 2.52 bits per heavy atom. The van der Waals surface area contributed by atoms with E-state index in [1.807, 2.05) is 61.6 Å². The van der Waals surface area contributed by atoms with Crippen LogP contribution in [0.15, 0.2) is 77.7 Å². The highest BCUT2D eigenvalue weighted by Crippen LogP contribution is 2.17. The molecule has 0 bridgehead atoms. The number of carbonyl (C=O) groups excluding carboxylic acids is 1. The highest BCUT2D eigenvalue weighted by Gasteiger charge is 2.16. The first-order valence-electron chi connectivity index (χ1n) is 8.59. The minimum Gasteiger partial charge on any atom is -0.313 e. The highest BCUT2D eigenvalue weighted by molar-refractivity contribution is 6.03. The molecule has 0 aliphatic rings. The fourth-order valence-corrected chi connectivity index (χ4v) is 3.04. The average molecular weight is 358 g/mol. The average Bonchev–Trinajstić information content (AvgIpc) is 3.00. The Kier molecular flexibility index (Phi) is 4.30. The van der Waals surface area contributed by atoms with Crippen molar-refractivity contribution in [3.05, 3.63) is 94.4 Å². The van der Waals surface area contributed by atoms with E-state index in [1.54, 1.807) is 16.8 Å². The number of imidazole rings is 1. The van der Waals surface area contributed by atoms with E-state index in [-0.39, 0.29) is 11.1 Å². The van der Waals surface area contributed by atoms with Gasteiger partial charge in [0.2, 0.25) is 5.95 Å². The van der Waals surface area contributed by atoms with Crippen molar-refractivity contribution in [1.82, 2.24) is 14.1 Å². The number of nitrogens with one attached hydrogen (secondary N) is 1. The van der Waals surface area contributed by atoms with Gasteiger partial charge in [0.25, 0.3) is 11.5 Å². The monoisotopic (exact) mass is 358 g/mol. The van der Waals surface area contributed by atoms with Crippen molar-refractivity contribution in [3.63, 3.8) is 0 Å². The van der Waals surface area contributed by atoms with Crippen LogP contribution in [0.5, 0.6) is 0 Å². The molecule has 1 N–H and O–H groups in total. The molecule has 0 saturated heterocycles. The molecular weight excluding hydrogens is 340 g/mol. The Bertz CT molecular complexity index is 1180. The maximum atomic E-state index is 12.7. The summed E-state index contributed by atoms with van der Waals surface area (Å²) in [6.07, 6.45) is 1.68. The lowest BCUT2D eigenvalue weighted by molar-refractivity contribution is 0.102. The van der Waals surface area contributed by atoms with E-state index >= 15 is 0 Å². The van der Waals surface area contributed by atoms with Crippen LogP contribution in [0.1, 0.15) is 15.9 Å². The lowest BCUT2D eigenvalue weighted by atomic mass is 10.2. The van der Waals surface area contributed by atoms with E-state index < -0.39 is 5.91 Å². The van der Waals surface area contributed by atoms with E-state index in [1.165, 1.54) is 10.6 Å². The molecule has 0 fully saturated rings. The van der Waals surface area contributed by atoms with Crippen molar-refractivity contribution in [3.8, 4) is 0 Å². The lowest BCUT2D eigenvalue weighted by Gasteiger charge is -2.09. The van der Waals surface area contributed by atoms with Gasteiger partial charge in [-0.1, -0.05) is 42.5 Å². The van der Waals surface area contributed by atoms with Crippen LogP contribution in [-0.2, 0) is 13.6 Å². The van der Waals surface area contributed by atoms with Crippen molar-refractivity contribution in [2.24, 2.45) is 7.05 Å². The number of amides is 1. The fourth-order valence-electron chi connectivity index (χ4n) is 3.04. The fraction of sp³-hybridized carbons (Fsp3) is 0.0952. The highest BCUT2D eigenvalue weighted by atomic mass is 16.2. The molecule has 6 nitrogen and oxygen atoms in total. The van der Waals surface area contributed by atoms with Gasteiger partial charge >= 0.3 is 0 Å². The Morgan fingerprint density at radius 2 is 1.74 bits per heavy atom. The molecule has 0 aliphatic heterocycles. The molecule has 0 aliphatic carbocycles. The van der Waals surface area contributed by atoms with Crippen molar-refractivity contribution < 1.29 is 4.79 Å². The van der Waals surface area contributed by atoms with E-state index in [0.717, 1.165) is 16.6 Å². The van der Waals surface area contributed by atoms with Gasteiger partial charge in [-0.3, -0.25) is 14.9 Å². The molecular formula is C21H18N4O2. The molecule has 2 aromatic carbocycles. The molecule has 4 aromatic rings. The first kappa shape index (κ1) is 16.8. The van der Waals surface area contributed by atoms with Gasteiger partial charge in [-0.2, -0.15) is 0 Å². The maximum Gasteiger partial charge on any atom is 0.263 e. The number of benzene rings is 2. The van der Waals surface area contributed by atoms with Crippen LogP contribution in [0.3, 0.4) is 0 Å². The zero-order valence-electron chi connectivity index (χ0n) is 14.8. The number of para-hydroxylation sites is 2. The third-order valence-electron chi connectivity index (χ3n) is 4.47. The Hall–Kier alpha value is -3.67. The van der Waals surface area contributed by atoms with Crippen LogP contribution in [0, 0.1) is 0 Å². The molecule has 0 radical (unpaired) electrons. The number of hydrogen-bond acceptors (Lipinski definition) is 3. The van der Waals surface area contributed by atoms with E-state index in [4.69, 9.17) is 0 Å². The van der Waals surface area contributed by atoms with Crippen LogP contribution >= 0.6 is 0 Å². The zero-order valence-corrected chi connectivity index (χ0v) is 14.8. The molecule has 27 heavy (non-hydrogen) atoms. The van der Waals surface area contributed by atoms with Gasteiger partial charge in [0.1, 0.15) is 5.56 Å². The number of carbonyl (C=O) groups is 1. The third kappa shape index (κ3) is 3.25. The second kappa shape index (κ2) is 6.92. The predicted octanol–water partition coefficient (Wildman–Crippen LogP) is 3.04. The summed E-state index contributed by atoms with van der Waals surface area (Å²) in [7, 11) is 1.82. The number of aromatic nitrogens is 3. The zero-order chi connectivity index (χ0) is 18.8. The van der Waals surface area contributed by atoms with Crippen LogP contribution < -0.4 is 10.9 Å². The molecule has 0 spiro atoms. The molecule has 1 amide bonds. The molecule has 134 valence electrons.